The normalized spacial score (nSPS) is 10.3. The van der Waals surface area contributed by atoms with E-state index in [4.69, 9.17) is 4.74 Å². The molecule has 29 heavy (non-hydrogen) atoms. The second-order valence-electron chi connectivity index (χ2n) is 5.71. The molecular weight excluding hydrogens is 406 g/mol. The molecule has 12 heteroatoms. The number of nitrogens with zero attached hydrogens (tertiary/aromatic N) is 2. The summed E-state index contributed by atoms with van der Waals surface area (Å²) >= 11 is 0.833. The topological polar surface area (TPSA) is 159 Å². The van der Waals surface area contributed by atoms with Gasteiger partial charge in [0.1, 0.15) is 10.6 Å². The molecule has 1 aromatic heterocycles. The summed E-state index contributed by atoms with van der Waals surface area (Å²) in [6, 6.07) is 2.57. The van der Waals surface area contributed by atoms with Gasteiger partial charge in [0.25, 0.3) is 17.3 Å². The Morgan fingerprint density at radius 1 is 1.17 bits per heavy atom. The summed E-state index contributed by atoms with van der Waals surface area (Å²) in [4.78, 5) is 57.3. The maximum absolute atomic E-state index is 12.6. The summed E-state index contributed by atoms with van der Waals surface area (Å²) < 4.78 is 4.96. The van der Waals surface area contributed by atoms with E-state index in [1.807, 2.05) is 0 Å². The lowest BCUT2D eigenvalue weighted by molar-refractivity contribution is -0.394. The number of non-ortho nitro benzene ring substituents is 1. The minimum absolute atomic E-state index is 0.0104. The number of hydrogen-bond acceptors (Lipinski definition) is 9. The molecule has 0 aliphatic carbocycles. The lowest BCUT2D eigenvalue weighted by Gasteiger charge is -2.07. The number of carbonyl (C=O) groups excluding carboxylic acids is 3. The van der Waals surface area contributed by atoms with Crippen molar-refractivity contribution in [3.8, 4) is 0 Å². The molecule has 1 heterocycles. The molecule has 0 unspecified atom stereocenters. The molecular formula is C17H15N3O8S. The minimum atomic E-state index is -0.964. The number of amides is 1. The molecule has 0 spiro atoms. The van der Waals surface area contributed by atoms with Gasteiger partial charge in [0, 0.05) is 6.07 Å². The Morgan fingerprint density at radius 2 is 1.83 bits per heavy atom. The summed E-state index contributed by atoms with van der Waals surface area (Å²) in [5.41, 5.74) is -1.47. The number of thiophene rings is 1. The Hall–Kier alpha value is -3.67. The highest BCUT2D eigenvalue weighted by Crippen LogP contribution is 2.35. The Labute approximate surface area is 167 Å². The summed E-state index contributed by atoms with van der Waals surface area (Å²) in [6.07, 6.45) is 0. The number of carbonyl (C=O) groups is 3. The van der Waals surface area contributed by atoms with Crippen LogP contribution in [-0.2, 0) is 4.74 Å². The molecule has 11 nitrogen and oxygen atoms in total. The summed E-state index contributed by atoms with van der Waals surface area (Å²) in [6.45, 7) is 4.46. The van der Waals surface area contributed by atoms with Gasteiger partial charge in [-0.05, 0) is 32.4 Å². The van der Waals surface area contributed by atoms with E-state index in [0.717, 1.165) is 23.5 Å². The zero-order valence-corrected chi connectivity index (χ0v) is 16.3. The molecule has 1 N–H and O–H groups in total. The SMILES string of the molecule is CCOC(=O)c1c(NC(=O)c2ccc([N+](=O)[O-])cc2[N+](=O)[O-])sc(C(C)=O)c1C. The van der Waals surface area contributed by atoms with Gasteiger partial charge in [0.15, 0.2) is 5.78 Å². The fourth-order valence-electron chi connectivity index (χ4n) is 2.53. The lowest BCUT2D eigenvalue weighted by atomic mass is 10.1. The van der Waals surface area contributed by atoms with E-state index < -0.39 is 38.7 Å². The van der Waals surface area contributed by atoms with Gasteiger partial charge >= 0.3 is 5.97 Å². The third-order valence-corrected chi connectivity index (χ3v) is 5.11. The van der Waals surface area contributed by atoms with Crippen LogP contribution in [0.25, 0.3) is 0 Å². The average Bonchev–Trinajstić information content (AvgIpc) is 2.97. The van der Waals surface area contributed by atoms with Crippen LogP contribution >= 0.6 is 11.3 Å². The summed E-state index contributed by atoms with van der Waals surface area (Å²) in [5.74, 6) is -2.06. The monoisotopic (exact) mass is 421 g/mol. The fourth-order valence-corrected chi connectivity index (χ4v) is 3.62. The molecule has 0 bridgehead atoms. The first-order valence-corrected chi connectivity index (χ1v) is 8.95. The molecule has 2 aromatic rings. The lowest BCUT2D eigenvalue weighted by Crippen LogP contribution is -2.16. The van der Waals surface area contributed by atoms with Gasteiger partial charge in [-0.25, -0.2) is 4.79 Å². The predicted octanol–water partition coefficient (Wildman–Crippen LogP) is 3.50. The van der Waals surface area contributed by atoms with Crippen LogP contribution in [-0.4, -0.2) is 34.1 Å². The van der Waals surface area contributed by atoms with Gasteiger partial charge < -0.3 is 10.1 Å². The van der Waals surface area contributed by atoms with Crippen LogP contribution in [0.4, 0.5) is 16.4 Å². The number of rotatable bonds is 7. The molecule has 1 amide bonds. The van der Waals surface area contributed by atoms with Crippen molar-refractivity contribution in [1.29, 1.82) is 0 Å². The van der Waals surface area contributed by atoms with E-state index in [1.165, 1.54) is 13.8 Å². The van der Waals surface area contributed by atoms with E-state index in [1.54, 1.807) is 6.92 Å². The van der Waals surface area contributed by atoms with Crippen molar-refractivity contribution in [2.75, 3.05) is 11.9 Å². The standard InChI is InChI=1S/C17H15N3O8S/c1-4-28-17(23)13-8(2)14(9(3)21)29-16(13)18-15(22)11-6-5-10(19(24)25)7-12(11)20(26)27/h5-7H,4H2,1-3H3,(H,18,22). The highest BCUT2D eigenvalue weighted by molar-refractivity contribution is 7.18. The Kier molecular flexibility index (Phi) is 6.38. The van der Waals surface area contributed by atoms with Crippen molar-refractivity contribution in [3.05, 3.63) is 60.0 Å². The Morgan fingerprint density at radius 3 is 2.34 bits per heavy atom. The highest BCUT2D eigenvalue weighted by atomic mass is 32.1. The number of nitrogens with one attached hydrogen (secondary N) is 1. The first kappa shape index (κ1) is 21.6. The van der Waals surface area contributed by atoms with Crippen LogP contribution in [0.2, 0.25) is 0 Å². The molecule has 0 saturated heterocycles. The van der Waals surface area contributed by atoms with E-state index in [0.29, 0.717) is 11.6 Å². The van der Waals surface area contributed by atoms with Crippen molar-refractivity contribution in [2.24, 2.45) is 0 Å². The second-order valence-corrected chi connectivity index (χ2v) is 6.73. The molecule has 0 aliphatic heterocycles. The molecule has 0 aliphatic rings. The molecule has 152 valence electrons. The van der Waals surface area contributed by atoms with Crippen LogP contribution in [0.15, 0.2) is 18.2 Å². The van der Waals surface area contributed by atoms with E-state index >= 15 is 0 Å². The second kappa shape index (κ2) is 8.56. The number of nitro groups is 2. The maximum Gasteiger partial charge on any atom is 0.341 e. The average molecular weight is 421 g/mol. The van der Waals surface area contributed by atoms with E-state index in [9.17, 15) is 34.6 Å². The van der Waals surface area contributed by atoms with Gasteiger partial charge in [-0.2, -0.15) is 0 Å². The first-order valence-electron chi connectivity index (χ1n) is 8.14. The van der Waals surface area contributed by atoms with Crippen molar-refractivity contribution in [1.82, 2.24) is 0 Å². The summed E-state index contributed by atoms with van der Waals surface area (Å²) in [5, 5.41) is 24.5. The molecule has 0 radical (unpaired) electrons. The third kappa shape index (κ3) is 4.43. The van der Waals surface area contributed by atoms with Gasteiger partial charge in [-0.1, -0.05) is 0 Å². The number of nitro benzene ring substituents is 2. The van der Waals surface area contributed by atoms with Crippen LogP contribution in [0, 0.1) is 27.2 Å². The van der Waals surface area contributed by atoms with Crippen molar-refractivity contribution < 1.29 is 29.0 Å². The molecule has 0 atom stereocenters. The van der Waals surface area contributed by atoms with E-state index in [-0.39, 0.29) is 27.8 Å². The fraction of sp³-hybridized carbons (Fsp3) is 0.235. The van der Waals surface area contributed by atoms with E-state index in [2.05, 4.69) is 5.32 Å². The van der Waals surface area contributed by atoms with Crippen LogP contribution in [0.1, 0.15) is 49.8 Å². The van der Waals surface area contributed by atoms with Crippen LogP contribution < -0.4 is 5.32 Å². The number of benzene rings is 1. The van der Waals surface area contributed by atoms with Gasteiger partial charge in [0.2, 0.25) is 0 Å². The summed E-state index contributed by atoms with van der Waals surface area (Å²) in [7, 11) is 0. The van der Waals surface area contributed by atoms with Gasteiger partial charge in [-0.3, -0.25) is 29.8 Å². The number of Topliss-reactive ketones (excluding diaryl/α,β-unsaturated/α-hetero) is 1. The first-order chi connectivity index (χ1) is 13.6. The smallest absolute Gasteiger partial charge is 0.341 e. The quantitative estimate of drug-likeness (QED) is 0.308. The molecule has 0 saturated carbocycles. The largest absolute Gasteiger partial charge is 0.462 e. The molecule has 2 rings (SSSR count). The number of ether oxygens (including phenoxy) is 1. The maximum atomic E-state index is 12.6. The Balaban J connectivity index is 2.52. The van der Waals surface area contributed by atoms with Crippen molar-refractivity contribution in [2.45, 2.75) is 20.8 Å². The molecule has 0 fully saturated rings. The van der Waals surface area contributed by atoms with Crippen LogP contribution in [0.5, 0.6) is 0 Å². The number of esters is 1. The van der Waals surface area contributed by atoms with Gasteiger partial charge in [-0.15, -0.1) is 11.3 Å². The minimum Gasteiger partial charge on any atom is -0.462 e. The molecule has 1 aromatic carbocycles. The number of hydrogen-bond donors (Lipinski definition) is 1. The number of ketones is 1. The third-order valence-electron chi connectivity index (χ3n) is 3.81. The van der Waals surface area contributed by atoms with Crippen LogP contribution in [0.3, 0.4) is 0 Å². The Bertz CT molecular complexity index is 1040. The van der Waals surface area contributed by atoms with Crippen molar-refractivity contribution in [3.63, 3.8) is 0 Å². The number of anilines is 1. The van der Waals surface area contributed by atoms with Crippen molar-refractivity contribution >= 4 is 45.4 Å². The zero-order valence-electron chi connectivity index (χ0n) is 15.5. The zero-order chi connectivity index (χ0) is 21.9. The highest BCUT2D eigenvalue weighted by Gasteiger charge is 2.28. The predicted molar refractivity (Wildman–Crippen MR) is 103 cm³/mol. The van der Waals surface area contributed by atoms with Gasteiger partial charge in [0.05, 0.1) is 33.0 Å².